The molecule has 1 aliphatic heterocycles. The third-order valence-electron chi connectivity index (χ3n) is 3.11. The van der Waals surface area contributed by atoms with Crippen molar-refractivity contribution in [3.05, 3.63) is 23.3 Å². The molecule has 2 N–H and O–H groups in total. The fraction of sp³-hybridized carbons (Fsp3) is 0.500. The molecule has 0 aliphatic carbocycles. The molecule has 0 saturated heterocycles. The monoisotopic (exact) mass is 265 g/mol. The third kappa shape index (κ3) is 2.81. The molecule has 1 aromatic carbocycles. The van der Waals surface area contributed by atoms with Gasteiger partial charge in [-0.05, 0) is 43.5 Å². The maximum atomic E-state index is 11.3. The van der Waals surface area contributed by atoms with E-state index in [2.05, 4.69) is 5.32 Å². The Bertz CT molecular complexity index is 473. The number of ether oxygens (including phenoxy) is 2. The maximum absolute atomic E-state index is 11.3. The number of carboxylic acids is 1. The number of rotatable bonds is 5. The third-order valence-corrected chi connectivity index (χ3v) is 3.11. The summed E-state index contributed by atoms with van der Waals surface area (Å²) >= 11 is 0. The van der Waals surface area contributed by atoms with E-state index in [1.807, 2.05) is 19.9 Å². The van der Waals surface area contributed by atoms with Gasteiger partial charge in [-0.1, -0.05) is 0 Å². The van der Waals surface area contributed by atoms with Crippen LogP contribution in [0, 0.1) is 0 Å². The second-order valence-corrected chi connectivity index (χ2v) is 4.34. The van der Waals surface area contributed by atoms with E-state index in [1.54, 1.807) is 6.07 Å². The van der Waals surface area contributed by atoms with Crippen LogP contribution in [-0.4, -0.2) is 30.8 Å². The number of benzene rings is 1. The Morgan fingerprint density at radius 2 is 1.95 bits per heavy atom. The second kappa shape index (κ2) is 5.93. The molecule has 0 aromatic heterocycles. The van der Waals surface area contributed by atoms with E-state index in [9.17, 15) is 9.90 Å². The highest BCUT2D eigenvalue weighted by Gasteiger charge is 2.27. The summed E-state index contributed by atoms with van der Waals surface area (Å²) in [6.07, 6.45) is 0.797. The van der Waals surface area contributed by atoms with Crippen LogP contribution in [0.1, 0.15) is 31.0 Å². The zero-order chi connectivity index (χ0) is 13.8. The quantitative estimate of drug-likeness (QED) is 0.849. The molecular formula is C14H19NO4. The molecule has 0 bridgehead atoms. The van der Waals surface area contributed by atoms with E-state index in [0.717, 1.165) is 17.5 Å². The molecule has 1 unspecified atom stereocenters. The van der Waals surface area contributed by atoms with Crippen LogP contribution in [0.4, 0.5) is 0 Å². The second-order valence-electron chi connectivity index (χ2n) is 4.34. The first-order chi connectivity index (χ1) is 9.17. The van der Waals surface area contributed by atoms with E-state index in [4.69, 9.17) is 9.47 Å². The first kappa shape index (κ1) is 13.7. The minimum atomic E-state index is -0.868. The van der Waals surface area contributed by atoms with Crippen LogP contribution in [0.5, 0.6) is 11.5 Å². The molecule has 0 amide bonds. The summed E-state index contributed by atoms with van der Waals surface area (Å²) in [6, 6.07) is 3.02. The van der Waals surface area contributed by atoms with Gasteiger partial charge in [0.2, 0.25) is 0 Å². The first-order valence-electron chi connectivity index (χ1n) is 6.56. The van der Waals surface area contributed by atoms with Crippen molar-refractivity contribution < 1.29 is 19.4 Å². The Labute approximate surface area is 112 Å². The van der Waals surface area contributed by atoms with Crippen molar-refractivity contribution in [1.29, 1.82) is 0 Å². The Hall–Kier alpha value is -1.75. The number of hydrogen-bond acceptors (Lipinski definition) is 4. The van der Waals surface area contributed by atoms with Gasteiger partial charge in [-0.3, -0.25) is 4.79 Å². The molecule has 5 heteroatoms. The minimum absolute atomic E-state index is 0.518. The Kier molecular flexibility index (Phi) is 4.27. The predicted octanol–water partition coefficient (Wildman–Crippen LogP) is 1.76. The SMILES string of the molecule is CCOc1cc2c(cc1OCC)C(C(=O)O)NCC2. The zero-order valence-electron chi connectivity index (χ0n) is 11.2. The lowest BCUT2D eigenvalue weighted by Gasteiger charge is -2.25. The summed E-state index contributed by atoms with van der Waals surface area (Å²) in [7, 11) is 0. The molecule has 0 spiro atoms. The maximum Gasteiger partial charge on any atom is 0.325 e. The van der Waals surface area contributed by atoms with Crippen molar-refractivity contribution in [1.82, 2.24) is 5.32 Å². The van der Waals surface area contributed by atoms with E-state index in [-0.39, 0.29) is 0 Å². The molecule has 0 saturated carbocycles. The molecule has 104 valence electrons. The van der Waals surface area contributed by atoms with Crippen molar-refractivity contribution in [2.75, 3.05) is 19.8 Å². The van der Waals surface area contributed by atoms with Crippen molar-refractivity contribution in [3.8, 4) is 11.5 Å². The lowest BCUT2D eigenvalue weighted by atomic mass is 9.93. The molecule has 1 atom stereocenters. The van der Waals surface area contributed by atoms with Gasteiger partial charge in [0, 0.05) is 6.54 Å². The highest BCUT2D eigenvalue weighted by molar-refractivity contribution is 5.77. The van der Waals surface area contributed by atoms with Crippen molar-refractivity contribution >= 4 is 5.97 Å². The number of carboxylic acid groups (broad SMARTS) is 1. The molecule has 0 radical (unpaired) electrons. The van der Waals surface area contributed by atoms with E-state index in [1.165, 1.54) is 0 Å². The van der Waals surface area contributed by atoms with Crippen molar-refractivity contribution in [2.24, 2.45) is 0 Å². The molecular weight excluding hydrogens is 246 g/mol. The standard InChI is InChI=1S/C14H19NO4/c1-3-18-11-7-9-5-6-15-13(14(16)17)10(9)8-12(11)19-4-2/h7-8,13,15H,3-6H2,1-2H3,(H,16,17). The van der Waals surface area contributed by atoms with Gasteiger partial charge in [0.05, 0.1) is 13.2 Å². The predicted molar refractivity (Wildman–Crippen MR) is 70.9 cm³/mol. The zero-order valence-corrected chi connectivity index (χ0v) is 11.2. The van der Waals surface area contributed by atoms with Crippen LogP contribution in [-0.2, 0) is 11.2 Å². The van der Waals surface area contributed by atoms with E-state index >= 15 is 0 Å². The minimum Gasteiger partial charge on any atom is -0.490 e. The summed E-state index contributed by atoms with van der Waals surface area (Å²) in [4.78, 5) is 11.3. The van der Waals surface area contributed by atoms with Gasteiger partial charge in [-0.2, -0.15) is 0 Å². The molecule has 0 fully saturated rings. The molecule has 5 nitrogen and oxygen atoms in total. The number of hydrogen-bond donors (Lipinski definition) is 2. The molecule has 19 heavy (non-hydrogen) atoms. The normalized spacial score (nSPS) is 17.7. The first-order valence-corrected chi connectivity index (χ1v) is 6.56. The number of carbonyl (C=O) groups is 1. The Morgan fingerprint density at radius 3 is 2.53 bits per heavy atom. The molecule has 2 rings (SSSR count). The fourth-order valence-electron chi connectivity index (χ4n) is 2.32. The topological polar surface area (TPSA) is 67.8 Å². The Morgan fingerprint density at radius 1 is 1.32 bits per heavy atom. The summed E-state index contributed by atoms with van der Waals surface area (Å²) in [6.45, 7) is 5.53. The van der Waals surface area contributed by atoms with Crippen molar-refractivity contribution in [2.45, 2.75) is 26.3 Å². The Balaban J connectivity index is 2.44. The molecule has 1 aliphatic rings. The van der Waals surface area contributed by atoms with Crippen molar-refractivity contribution in [3.63, 3.8) is 0 Å². The lowest BCUT2D eigenvalue weighted by Crippen LogP contribution is -2.35. The fourth-order valence-corrected chi connectivity index (χ4v) is 2.32. The number of nitrogens with one attached hydrogen (secondary N) is 1. The highest BCUT2D eigenvalue weighted by Crippen LogP contribution is 2.35. The summed E-state index contributed by atoms with van der Waals surface area (Å²) in [5.41, 5.74) is 1.78. The van der Waals surface area contributed by atoms with Gasteiger partial charge in [-0.25, -0.2) is 0 Å². The lowest BCUT2D eigenvalue weighted by molar-refractivity contribution is -0.139. The van der Waals surface area contributed by atoms with Gasteiger partial charge in [0.1, 0.15) is 6.04 Å². The van der Waals surface area contributed by atoms with Crippen LogP contribution >= 0.6 is 0 Å². The van der Waals surface area contributed by atoms with Crippen LogP contribution in [0.3, 0.4) is 0 Å². The largest absolute Gasteiger partial charge is 0.490 e. The van der Waals surface area contributed by atoms with Gasteiger partial charge in [0.15, 0.2) is 11.5 Å². The summed E-state index contributed by atoms with van der Waals surface area (Å²) in [5.74, 6) is 0.430. The molecule has 1 aromatic rings. The summed E-state index contributed by atoms with van der Waals surface area (Å²) in [5, 5.41) is 12.2. The van der Waals surface area contributed by atoms with Crippen LogP contribution in [0.15, 0.2) is 12.1 Å². The number of fused-ring (bicyclic) bond motifs is 1. The average Bonchev–Trinajstić information content (AvgIpc) is 2.39. The summed E-state index contributed by atoms with van der Waals surface area (Å²) < 4.78 is 11.1. The van der Waals surface area contributed by atoms with Gasteiger partial charge in [0.25, 0.3) is 0 Å². The average molecular weight is 265 g/mol. The molecule has 1 heterocycles. The van der Waals surface area contributed by atoms with Gasteiger partial charge < -0.3 is 19.9 Å². The van der Waals surface area contributed by atoms with Crippen LogP contribution < -0.4 is 14.8 Å². The van der Waals surface area contributed by atoms with Crippen LogP contribution in [0.2, 0.25) is 0 Å². The highest BCUT2D eigenvalue weighted by atomic mass is 16.5. The van der Waals surface area contributed by atoms with E-state index in [0.29, 0.717) is 31.3 Å². The van der Waals surface area contributed by atoms with Crippen LogP contribution in [0.25, 0.3) is 0 Å². The van der Waals surface area contributed by atoms with E-state index < -0.39 is 12.0 Å². The van der Waals surface area contributed by atoms with Gasteiger partial charge >= 0.3 is 5.97 Å². The smallest absolute Gasteiger partial charge is 0.325 e. The van der Waals surface area contributed by atoms with Gasteiger partial charge in [-0.15, -0.1) is 0 Å². The number of aliphatic carboxylic acids is 1.